The van der Waals surface area contributed by atoms with Crippen LogP contribution in [0.4, 0.5) is 0 Å². The Hall–Kier alpha value is -1.12. The van der Waals surface area contributed by atoms with Crippen molar-refractivity contribution in [2.24, 2.45) is 52.9 Å². The van der Waals surface area contributed by atoms with Crippen molar-refractivity contribution < 1.29 is 0 Å². The molecule has 5 unspecified atom stereocenters. The van der Waals surface area contributed by atoms with Gasteiger partial charge in [0.1, 0.15) is 0 Å². The SMILES string of the molecule is CC(C)C1=CC(C(C)C2=CC(C(C)C)C(N)C(C(C)C)=C2)=CC(C(C)C)C(N)C1. The summed E-state index contributed by atoms with van der Waals surface area (Å²) in [7, 11) is 0. The zero-order chi connectivity index (χ0) is 22.0. The first-order chi connectivity index (χ1) is 13.4. The predicted octanol–water partition coefficient (Wildman–Crippen LogP) is 6.26. The van der Waals surface area contributed by atoms with Crippen molar-refractivity contribution in [3.8, 4) is 0 Å². The van der Waals surface area contributed by atoms with E-state index >= 15 is 0 Å². The normalized spacial score (nSPS) is 29.6. The van der Waals surface area contributed by atoms with Gasteiger partial charge in [-0.1, -0.05) is 97.8 Å². The highest BCUT2D eigenvalue weighted by atomic mass is 14.7. The Labute approximate surface area is 180 Å². The van der Waals surface area contributed by atoms with Gasteiger partial charge in [0.15, 0.2) is 0 Å². The molecule has 2 nitrogen and oxygen atoms in total. The summed E-state index contributed by atoms with van der Waals surface area (Å²) >= 11 is 0. The van der Waals surface area contributed by atoms with Crippen molar-refractivity contribution in [3.05, 3.63) is 46.6 Å². The van der Waals surface area contributed by atoms with E-state index in [1.54, 1.807) is 0 Å². The molecule has 2 aliphatic carbocycles. The average molecular weight is 399 g/mol. The fourth-order valence-corrected chi connectivity index (χ4v) is 4.94. The molecule has 2 heteroatoms. The maximum Gasteiger partial charge on any atom is 0.0325 e. The molecule has 0 saturated carbocycles. The predicted molar refractivity (Wildman–Crippen MR) is 128 cm³/mol. The molecule has 0 fully saturated rings. The van der Waals surface area contributed by atoms with Gasteiger partial charge in [-0.2, -0.15) is 0 Å². The topological polar surface area (TPSA) is 52.0 Å². The molecular weight excluding hydrogens is 352 g/mol. The van der Waals surface area contributed by atoms with Crippen LogP contribution >= 0.6 is 0 Å². The lowest BCUT2D eigenvalue weighted by molar-refractivity contribution is 0.378. The Bertz CT molecular complexity index is 687. The van der Waals surface area contributed by atoms with E-state index in [4.69, 9.17) is 11.5 Å². The Morgan fingerprint density at radius 1 is 0.724 bits per heavy atom. The molecule has 0 radical (unpaired) electrons. The number of rotatable bonds is 6. The Kier molecular flexibility index (Phi) is 8.15. The van der Waals surface area contributed by atoms with Crippen LogP contribution in [0.1, 0.15) is 68.7 Å². The summed E-state index contributed by atoms with van der Waals surface area (Å²) in [6, 6.07) is 0.333. The van der Waals surface area contributed by atoms with Crippen molar-refractivity contribution in [1.82, 2.24) is 0 Å². The van der Waals surface area contributed by atoms with Gasteiger partial charge in [-0.05, 0) is 53.1 Å². The second-order valence-corrected chi connectivity index (χ2v) is 10.8. The quantitative estimate of drug-likeness (QED) is 0.555. The summed E-state index contributed by atoms with van der Waals surface area (Å²) in [5.41, 5.74) is 19.1. The second kappa shape index (κ2) is 9.79. The third kappa shape index (κ3) is 5.52. The van der Waals surface area contributed by atoms with Crippen LogP contribution in [0.2, 0.25) is 0 Å². The first-order valence-electron chi connectivity index (χ1n) is 11.8. The van der Waals surface area contributed by atoms with Crippen LogP contribution in [-0.2, 0) is 0 Å². The van der Waals surface area contributed by atoms with E-state index in [1.165, 1.54) is 22.3 Å². The Balaban J connectivity index is 2.52. The summed E-state index contributed by atoms with van der Waals surface area (Å²) in [5, 5.41) is 0. The van der Waals surface area contributed by atoms with Gasteiger partial charge in [-0.3, -0.25) is 0 Å². The minimum atomic E-state index is 0.132. The van der Waals surface area contributed by atoms with Gasteiger partial charge in [0.2, 0.25) is 0 Å². The van der Waals surface area contributed by atoms with Crippen molar-refractivity contribution in [3.63, 3.8) is 0 Å². The van der Waals surface area contributed by atoms with E-state index < -0.39 is 0 Å². The minimum absolute atomic E-state index is 0.132. The van der Waals surface area contributed by atoms with Crippen LogP contribution in [0.3, 0.4) is 0 Å². The molecule has 0 aromatic heterocycles. The summed E-state index contributed by atoms with van der Waals surface area (Å²) in [5.74, 6) is 3.27. The Morgan fingerprint density at radius 2 is 1.24 bits per heavy atom. The van der Waals surface area contributed by atoms with Crippen LogP contribution in [-0.4, -0.2) is 12.1 Å². The van der Waals surface area contributed by atoms with Crippen molar-refractivity contribution in [1.29, 1.82) is 0 Å². The highest BCUT2D eigenvalue weighted by Gasteiger charge is 2.31. The third-order valence-electron chi connectivity index (χ3n) is 7.17. The van der Waals surface area contributed by atoms with Gasteiger partial charge < -0.3 is 11.5 Å². The number of hydrogen-bond acceptors (Lipinski definition) is 2. The Morgan fingerprint density at radius 3 is 1.72 bits per heavy atom. The highest BCUT2D eigenvalue weighted by molar-refractivity contribution is 5.43. The first kappa shape index (κ1) is 24.2. The lowest BCUT2D eigenvalue weighted by Gasteiger charge is -2.35. The highest BCUT2D eigenvalue weighted by Crippen LogP contribution is 2.39. The summed E-state index contributed by atoms with van der Waals surface area (Å²) in [6.45, 7) is 20.7. The second-order valence-electron chi connectivity index (χ2n) is 10.8. The fraction of sp³-hybridized carbons (Fsp3) is 0.704. The third-order valence-corrected chi connectivity index (χ3v) is 7.17. The number of hydrogen-bond donors (Lipinski definition) is 2. The van der Waals surface area contributed by atoms with Crippen molar-refractivity contribution in [2.45, 2.75) is 80.8 Å². The molecule has 5 atom stereocenters. The van der Waals surface area contributed by atoms with Gasteiger partial charge >= 0.3 is 0 Å². The molecule has 0 heterocycles. The molecule has 0 aromatic carbocycles. The standard InChI is InChI=1S/C27H46N2/c1-15(2)20-10-21(11-23(16(3)4)26(28)14-20)19(9)22-12-24(17(5)6)27(29)25(13-22)18(7)8/h10-13,15-19,23-24,26-27H,14,28-29H2,1-9H3. The molecule has 0 bridgehead atoms. The molecule has 0 saturated heterocycles. The summed E-state index contributed by atoms with van der Waals surface area (Å²) in [6.07, 6.45) is 10.8. The monoisotopic (exact) mass is 398 g/mol. The van der Waals surface area contributed by atoms with E-state index in [9.17, 15) is 0 Å². The zero-order valence-electron chi connectivity index (χ0n) is 20.4. The van der Waals surface area contributed by atoms with Gasteiger partial charge in [-0.25, -0.2) is 0 Å². The van der Waals surface area contributed by atoms with Crippen molar-refractivity contribution >= 4 is 0 Å². The minimum Gasteiger partial charge on any atom is -0.327 e. The molecule has 164 valence electrons. The number of nitrogens with two attached hydrogens (primary N) is 2. The lowest BCUT2D eigenvalue weighted by Crippen LogP contribution is -2.38. The van der Waals surface area contributed by atoms with E-state index in [0.29, 0.717) is 41.4 Å². The lowest BCUT2D eigenvalue weighted by atomic mass is 9.73. The van der Waals surface area contributed by atoms with Crippen LogP contribution in [0.5, 0.6) is 0 Å². The van der Waals surface area contributed by atoms with Crippen LogP contribution in [0.25, 0.3) is 0 Å². The van der Waals surface area contributed by atoms with Crippen LogP contribution in [0, 0.1) is 41.4 Å². The molecule has 29 heavy (non-hydrogen) atoms. The molecule has 0 aromatic rings. The molecular formula is C27H46N2. The fourth-order valence-electron chi connectivity index (χ4n) is 4.94. The maximum atomic E-state index is 6.68. The van der Waals surface area contributed by atoms with Crippen LogP contribution < -0.4 is 11.5 Å². The van der Waals surface area contributed by atoms with Gasteiger partial charge in [0.25, 0.3) is 0 Å². The van der Waals surface area contributed by atoms with Gasteiger partial charge in [0, 0.05) is 18.0 Å². The molecule has 0 amide bonds. The summed E-state index contributed by atoms with van der Waals surface area (Å²) in [4.78, 5) is 0. The van der Waals surface area contributed by atoms with Gasteiger partial charge in [-0.15, -0.1) is 0 Å². The smallest absolute Gasteiger partial charge is 0.0325 e. The summed E-state index contributed by atoms with van der Waals surface area (Å²) < 4.78 is 0. The molecule has 2 rings (SSSR count). The van der Waals surface area contributed by atoms with E-state index in [1.807, 2.05) is 0 Å². The average Bonchev–Trinajstić information content (AvgIpc) is 2.80. The molecule has 2 aliphatic rings. The van der Waals surface area contributed by atoms with Crippen LogP contribution in [0.15, 0.2) is 46.6 Å². The van der Waals surface area contributed by atoms with E-state index in [0.717, 1.165) is 6.42 Å². The first-order valence-corrected chi connectivity index (χ1v) is 11.8. The molecule has 4 N–H and O–H groups in total. The number of allylic oxidation sites excluding steroid dienone is 4. The maximum absolute atomic E-state index is 6.68. The van der Waals surface area contributed by atoms with E-state index in [2.05, 4.69) is 86.6 Å². The largest absolute Gasteiger partial charge is 0.327 e. The van der Waals surface area contributed by atoms with E-state index in [-0.39, 0.29) is 12.1 Å². The zero-order valence-corrected chi connectivity index (χ0v) is 20.4. The molecule has 0 aliphatic heterocycles. The van der Waals surface area contributed by atoms with Gasteiger partial charge in [0.05, 0.1) is 0 Å². The molecule has 0 spiro atoms. The van der Waals surface area contributed by atoms with Crippen molar-refractivity contribution in [2.75, 3.05) is 0 Å².